The number of hydrogen-bond acceptors (Lipinski definition) is 3. The number of hydrogen-bond donors (Lipinski definition) is 1. The third-order valence-electron chi connectivity index (χ3n) is 2.96. The van der Waals surface area contributed by atoms with Crippen LogP contribution in [0.3, 0.4) is 0 Å². The zero-order valence-corrected chi connectivity index (χ0v) is 11.2. The van der Waals surface area contributed by atoms with Crippen molar-refractivity contribution in [3.05, 3.63) is 51.5 Å². The molecular formula is C14H18N2S. The summed E-state index contributed by atoms with van der Waals surface area (Å²) in [7, 11) is 0. The van der Waals surface area contributed by atoms with E-state index in [2.05, 4.69) is 48.4 Å². The van der Waals surface area contributed by atoms with Crippen LogP contribution in [0.5, 0.6) is 0 Å². The molecule has 2 rings (SSSR count). The summed E-state index contributed by atoms with van der Waals surface area (Å²) in [5.41, 5.74) is 5.87. The van der Waals surface area contributed by atoms with Crippen LogP contribution in [0, 0.1) is 13.8 Å². The first-order valence-electron chi connectivity index (χ1n) is 5.91. The quantitative estimate of drug-likeness (QED) is 0.820. The molecule has 1 aromatic carbocycles. The molecule has 0 aliphatic rings. The number of nitrogens with one attached hydrogen (secondary N) is 1. The minimum atomic E-state index is 0.933. The molecule has 1 heterocycles. The monoisotopic (exact) mass is 246 g/mol. The third kappa shape index (κ3) is 3.38. The number of rotatable bonds is 5. The maximum atomic E-state index is 4.25. The van der Waals surface area contributed by atoms with Crippen LogP contribution in [0.15, 0.2) is 29.8 Å². The van der Waals surface area contributed by atoms with Crippen LogP contribution in [-0.4, -0.2) is 11.5 Å². The van der Waals surface area contributed by atoms with E-state index in [-0.39, 0.29) is 0 Å². The van der Waals surface area contributed by atoms with Gasteiger partial charge in [0.1, 0.15) is 0 Å². The SMILES string of the molecule is Cc1ccccc1CCNCc1scnc1C. The van der Waals surface area contributed by atoms with Crippen LogP contribution in [0.4, 0.5) is 0 Å². The average Bonchev–Trinajstić information content (AvgIpc) is 2.73. The second-order valence-corrected chi connectivity index (χ2v) is 5.15. The Balaban J connectivity index is 1.77. The fourth-order valence-corrected chi connectivity index (χ4v) is 2.56. The molecule has 0 aliphatic carbocycles. The van der Waals surface area contributed by atoms with E-state index < -0.39 is 0 Å². The predicted octanol–water partition coefficient (Wildman–Crippen LogP) is 3.09. The zero-order valence-electron chi connectivity index (χ0n) is 10.4. The Morgan fingerprint density at radius 3 is 2.76 bits per heavy atom. The number of aryl methyl sites for hydroxylation is 2. The maximum absolute atomic E-state index is 4.25. The number of aromatic nitrogens is 1. The van der Waals surface area contributed by atoms with Gasteiger partial charge in [-0.2, -0.15) is 0 Å². The second-order valence-electron chi connectivity index (χ2n) is 4.21. The number of thiazole rings is 1. The summed E-state index contributed by atoms with van der Waals surface area (Å²) in [5, 5.41) is 3.47. The Kier molecular flexibility index (Phi) is 4.29. The molecule has 90 valence electrons. The topological polar surface area (TPSA) is 24.9 Å². The van der Waals surface area contributed by atoms with Crippen LogP contribution in [-0.2, 0) is 13.0 Å². The van der Waals surface area contributed by atoms with E-state index >= 15 is 0 Å². The highest BCUT2D eigenvalue weighted by Crippen LogP contribution is 2.11. The molecule has 1 N–H and O–H groups in total. The Morgan fingerprint density at radius 1 is 1.24 bits per heavy atom. The van der Waals surface area contributed by atoms with Gasteiger partial charge in [0.2, 0.25) is 0 Å². The smallest absolute Gasteiger partial charge is 0.0798 e. The van der Waals surface area contributed by atoms with Gasteiger partial charge < -0.3 is 5.32 Å². The first kappa shape index (κ1) is 12.3. The summed E-state index contributed by atoms with van der Waals surface area (Å²) >= 11 is 1.73. The Hall–Kier alpha value is -1.19. The van der Waals surface area contributed by atoms with Crippen molar-refractivity contribution in [2.45, 2.75) is 26.8 Å². The molecule has 0 aliphatic heterocycles. The second kappa shape index (κ2) is 5.94. The van der Waals surface area contributed by atoms with Crippen molar-refractivity contribution in [2.75, 3.05) is 6.54 Å². The summed E-state index contributed by atoms with van der Waals surface area (Å²) in [6, 6.07) is 8.57. The molecule has 0 bridgehead atoms. The van der Waals surface area contributed by atoms with E-state index in [9.17, 15) is 0 Å². The van der Waals surface area contributed by atoms with Gasteiger partial charge in [0.05, 0.1) is 11.2 Å². The largest absolute Gasteiger partial charge is 0.311 e. The lowest BCUT2D eigenvalue weighted by molar-refractivity contribution is 0.689. The van der Waals surface area contributed by atoms with Crippen LogP contribution in [0.2, 0.25) is 0 Å². The molecule has 0 saturated carbocycles. The van der Waals surface area contributed by atoms with Crippen molar-refractivity contribution >= 4 is 11.3 Å². The normalized spacial score (nSPS) is 10.7. The lowest BCUT2D eigenvalue weighted by Gasteiger charge is -2.06. The van der Waals surface area contributed by atoms with E-state index in [1.807, 2.05) is 5.51 Å². The Morgan fingerprint density at radius 2 is 2.06 bits per heavy atom. The maximum Gasteiger partial charge on any atom is 0.0798 e. The van der Waals surface area contributed by atoms with Crippen molar-refractivity contribution in [1.29, 1.82) is 0 Å². The van der Waals surface area contributed by atoms with Crippen molar-refractivity contribution in [3.8, 4) is 0 Å². The fraction of sp³-hybridized carbons (Fsp3) is 0.357. The molecule has 2 nitrogen and oxygen atoms in total. The van der Waals surface area contributed by atoms with Gasteiger partial charge in [0.25, 0.3) is 0 Å². The summed E-state index contributed by atoms with van der Waals surface area (Å²) in [5.74, 6) is 0. The molecular weight excluding hydrogens is 228 g/mol. The van der Waals surface area contributed by atoms with Gasteiger partial charge in [0, 0.05) is 11.4 Å². The van der Waals surface area contributed by atoms with Crippen LogP contribution in [0.25, 0.3) is 0 Å². The summed E-state index contributed by atoms with van der Waals surface area (Å²) in [6.45, 7) is 6.18. The first-order valence-corrected chi connectivity index (χ1v) is 6.79. The summed E-state index contributed by atoms with van der Waals surface area (Å²) in [4.78, 5) is 5.59. The zero-order chi connectivity index (χ0) is 12.1. The van der Waals surface area contributed by atoms with Gasteiger partial charge >= 0.3 is 0 Å². The van der Waals surface area contributed by atoms with Gasteiger partial charge in [-0.05, 0) is 37.9 Å². The first-order chi connectivity index (χ1) is 8.27. The van der Waals surface area contributed by atoms with Crippen molar-refractivity contribution in [3.63, 3.8) is 0 Å². The predicted molar refractivity (Wildman–Crippen MR) is 73.4 cm³/mol. The highest BCUT2D eigenvalue weighted by atomic mass is 32.1. The van der Waals surface area contributed by atoms with E-state index in [4.69, 9.17) is 0 Å². The molecule has 0 amide bonds. The lowest BCUT2D eigenvalue weighted by Crippen LogP contribution is -2.16. The van der Waals surface area contributed by atoms with Crippen molar-refractivity contribution < 1.29 is 0 Å². The molecule has 17 heavy (non-hydrogen) atoms. The number of nitrogens with zero attached hydrogens (tertiary/aromatic N) is 1. The van der Waals surface area contributed by atoms with Gasteiger partial charge in [0.15, 0.2) is 0 Å². The van der Waals surface area contributed by atoms with Gasteiger partial charge in [-0.1, -0.05) is 24.3 Å². The molecule has 3 heteroatoms. The average molecular weight is 246 g/mol. The summed E-state index contributed by atoms with van der Waals surface area (Å²) < 4.78 is 0. The highest BCUT2D eigenvalue weighted by molar-refractivity contribution is 7.09. The minimum Gasteiger partial charge on any atom is -0.311 e. The molecule has 2 aromatic rings. The van der Waals surface area contributed by atoms with Crippen LogP contribution >= 0.6 is 11.3 Å². The van der Waals surface area contributed by atoms with Crippen molar-refractivity contribution in [1.82, 2.24) is 10.3 Å². The minimum absolute atomic E-state index is 0.933. The van der Waals surface area contributed by atoms with Gasteiger partial charge in [-0.25, -0.2) is 4.98 Å². The van der Waals surface area contributed by atoms with Crippen LogP contribution < -0.4 is 5.32 Å². The molecule has 1 aromatic heterocycles. The van der Waals surface area contributed by atoms with Gasteiger partial charge in [-0.15, -0.1) is 11.3 Å². The fourth-order valence-electron chi connectivity index (χ4n) is 1.81. The third-order valence-corrected chi connectivity index (χ3v) is 3.90. The van der Waals surface area contributed by atoms with E-state index in [1.54, 1.807) is 11.3 Å². The standard InChI is InChI=1S/C14H18N2S/c1-11-5-3-4-6-13(11)7-8-15-9-14-12(2)16-10-17-14/h3-6,10,15H,7-9H2,1-2H3. The number of benzene rings is 1. The molecule has 0 fully saturated rings. The Labute approximate surface area is 107 Å². The van der Waals surface area contributed by atoms with E-state index in [0.29, 0.717) is 0 Å². The molecule has 0 saturated heterocycles. The Bertz CT molecular complexity index is 477. The van der Waals surface area contributed by atoms with Crippen LogP contribution in [0.1, 0.15) is 21.7 Å². The van der Waals surface area contributed by atoms with E-state index in [0.717, 1.165) is 25.2 Å². The summed E-state index contributed by atoms with van der Waals surface area (Å²) in [6.07, 6.45) is 1.09. The molecule has 0 unspecified atom stereocenters. The van der Waals surface area contributed by atoms with E-state index in [1.165, 1.54) is 16.0 Å². The lowest BCUT2D eigenvalue weighted by atomic mass is 10.1. The molecule has 0 atom stereocenters. The highest BCUT2D eigenvalue weighted by Gasteiger charge is 2.01. The molecule has 0 radical (unpaired) electrons. The molecule has 0 spiro atoms. The van der Waals surface area contributed by atoms with Crippen molar-refractivity contribution in [2.24, 2.45) is 0 Å². The van der Waals surface area contributed by atoms with Gasteiger partial charge in [-0.3, -0.25) is 0 Å².